The summed E-state index contributed by atoms with van der Waals surface area (Å²) in [6, 6.07) is 0.863. The van der Waals surface area contributed by atoms with Gasteiger partial charge in [0.15, 0.2) is 0 Å². The lowest BCUT2D eigenvalue weighted by molar-refractivity contribution is -0.123. The number of hydrogen-bond acceptors (Lipinski definition) is 3. The van der Waals surface area contributed by atoms with Gasteiger partial charge in [-0.25, -0.2) is 0 Å². The van der Waals surface area contributed by atoms with Crippen molar-refractivity contribution >= 4 is 5.91 Å². The number of nitrogens with one attached hydrogen (secondary N) is 1. The van der Waals surface area contributed by atoms with Crippen molar-refractivity contribution in [3.63, 3.8) is 0 Å². The summed E-state index contributed by atoms with van der Waals surface area (Å²) in [4.78, 5) is 14.0. The van der Waals surface area contributed by atoms with E-state index >= 15 is 0 Å². The molecule has 0 aromatic rings. The maximum absolute atomic E-state index is 11.4. The van der Waals surface area contributed by atoms with E-state index in [-0.39, 0.29) is 5.91 Å². The van der Waals surface area contributed by atoms with E-state index in [1.54, 1.807) is 0 Å². The van der Waals surface area contributed by atoms with Crippen LogP contribution in [-0.4, -0.2) is 42.5 Å². The van der Waals surface area contributed by atoms with Gasteiger partial charge in [0.2, 0.25) is 5.91 Å². The number of likely N-dealkylation sites (N-methyl/N-ethyl adjacent to an activating group) is 1. The molecule has 1 saturated carbocycles. The summed E-state index contributed by atoms with van der Waals surface area (Å²) in [6.45, 7) is 4.40. The normalized spacial score (nSPS) is 30.6. The van der Waals surface area contributed by atoms with E-state index in [1.807, 2.05) is 14.0 Å². The molecule has 4 heteroatoms. The second-order valence-electron chi connectivity index (χ2n) is 6.23. The van der Waals surface area contributed by atoms with Crippen LogP contribution in [0.5, 0.6) is 0 Å². The fourth-order valence-electron chi connectivity index (χ4n) is 3.47. The topological polar surface area (TPSA) is 58.4 Å². The first-order valence-electron chi connectivity index (χ1n) is 7.28. The number of fused-ring (bicyclic) bond motifs is 2. The molecular formula is C14H27N3O. The molecule has 18 heavy (non-hydrogen) atoms. The van der Waals surface area contributed by atoms with Gasteiger partial charge in [0.25, 0.3) is 0 Å². The molecule has 2 bridgehead atoms. The Kier molecular flexibility index (Phi) is 4.28. The fraction of sp³-hybridized carbons (Fsp3) is 0.929. The third kappa shape index (κ3) is 2.86. The minimum Gasteiger partial charge on any atom is -0.368 e. The van der Waals surface area contributed by atoms with Crippen LogP contribution in [0.3, 0.4) is 0 Å². The number of carbonyl (C=O) groups excluding carboxylic acids is 1. The molecule has 2 fully saturated rings. The van der Waals surface area contributed by atoms with Gasteiger partial charge in [-0.3, -0.25) is 4.79 Å². The zero-order valence-electron chi connectivity index (χ0n) is 11.7. The molecule has 0 spiro atoms. The molecule has 3 unspecified atom stereocenters. The predicted octanol–water partition coefficient (Wildman–Crippen LogP) is 1.10. The van der Waals surface area contributed by atoms with Gasteiger partial charge in [-0.2, -0.15) is 0 Å². The zero-order valence-corrected chi connectivity index (χ0v) is 11.7. The smallest absolute Gasteiger partial charge is 0.237 e. The number of carbonyl (C=O) groups is 1. The highest BCUT2D eigenvalue weighted by molar-refractivity contribution is 5.84. The van der Waals surface area contributed by atoms with E-state index in [9.17, 15) is 4.79 Å². The molecule has 1 aliphatic carbocycles. The summed E-state index contributed by atoms with van der Waals surface area (Å²) in [5.41, 5.74) is 4.89. The second kappa shape index (κ2) is 5.57. The van der Waals surface area contributed by atoms with E-state index in [4.69, 9.17) is 5.73 Å². The number of primary amides is 1. The van der Waals surface area contributed by atoms with Crippen molar-refractivity contribution < 1.29 is 4.79 Å². The van der Waals surface area contributed by atoms with Crippen molar-refractivity contribution in [1.29, 1.82) is 0 Å². The number of unbranched alkanes of at least 4 members (excludes halogenated alkanes) is 1. The minimum absolute atomic E-state index is 0.245. The number of rotatable bonds is 7. The first-order valence-corrected chi connectivity index (χ1v) is 7.28. The van der Waals surface area contributed by atoms with E-state index < -0.39 is 5.54 Å². The Morgan fingerprint density at radius 3 is 2.72 bits per heavy atom. The third-order valence-electron chi connectivity index (χ3n) is 4.99. The molecule has 0 aromatic heterocycles. The van der Waals surface area contributed by atoms with Crippen molar-refractivity contribution in [3.8, 4) is 0 Å². The molecule has 3 atom stereocenters. The maximum atomic E-state index is 11.4. The van der Waals surface area contributed by atoms with Crippen molar-refractivity contribution in [1.82, 2.24) is 10.2 Å². The minimum atomic E-state index is -0.538. The summed E-state index contributed by atoms with van der Waals surface area (Å²) < 4.78 is 0. The number of amides is 1. The number of likely N-dealkylation sites (tertiary alicyclic amines) is 1. The lowest BCUT2D eigenvalue weighted by Gasteiger charge is -2.28. The third-order valence-corrected chi connectivity index (χ3v) is 4.99. The highest BCUT2D eigenvalue weighted by Crippen LogP contribution is 2.37. The van der Waals surface area contributed by atoms with Crippen LogP contribution in [0.15, 0.2) is 0 Å². The summed E-state index contributed by atoms with van der Waals surface area (Å²) >= 11 is 0. The quantitative estimate of drug-likeness (QED) is 0.668. The molecule has 1 amide bonds. The van der Waals surface area contributed by atoms with Crippen LogP contribution in [0.2, 0.25) is 0 Å². The molecular weight excluding hydrogens is 226 g/mol. The number of piperidine rings is 1. The van der Waals surface area contributed by atoms with Crippen molar-refractivity contribution in [2.75, 3.05) is 20.1 Å². The van der Waals surface area contributed by atoms with E-state index in [0.29, 0.717) is 0 Å². The molecule has 1 heterocycles. The Labute approximate surface area is 110 Å². The summed E-state index contributed by atoms with van der Waals surface area (Å²) in [5, 5.41) is 3.05. The monoisotopic (exact) mass is 253 g/mol. The molecule has 2 rings (SSSR count). The molecule has 4 nitrogen and oxygen atoms in total. The lowest BCUT2D eigenvalue weighted by Crippen LogP contribution is -2.51. The molecule has 1 aliphatic heterocycles. The van der Waals surface area contributed by atoms with Gasteiger partial charge in [0.1, 0.15) is 0 Å². The summed E-state index contributed by atoms with van der Waals surface area (Å²) in [5.74, 6) is 0.730. The van der Waals surface area contributed by atoms with Crippen molar-refractivity contribution in [2.24, 2.45) is 11.7 Å². The van der Waals surface area contributed by atoms with Gasteiger partial charge in [0, 0.05) is 12.6 Å². The highest BCUT2D eigenvalue weighted by Gasteiger charge is 2.37. The van der Waals surface area contributed by atoms with Crippen LogP contribution in [0, 0.1) is 5.92 Å². The Bertz CT molecular complexity index is 307. The van der Waals surface area contributed by atoms with Crippen LogP contribution in [0.1, 0.15) is 45.4 Å². The van der Waals surface area contributed by atoms with Crippen molar-refractivity contribution in [2.45, 2.75) is 57.0 Å². The molecule has 0 aromatic carbocycles. The molecule has 3 N–H and O–H groups in total. The Balaban J connectivity index is 1.65. The first-order chi connectivity index (χ1) is 8.55. The van der Waals surface area contributed by atoms with Gasteiger partial charge in [-0.05, 0) is 65.0 Å². The predicted molar refractivity (Wildman–Crippen MR) is 73.2 cm³/mol. The average Bonchev–Trinajstić information content (AvgIpc) is 2.96. The number of nitrogens with two attached hydrogens (primary N) is 1. The van der Waals surface area contributed by atoms with E-state index in [1.165, 1.54) is 38.8 Å². The zero-order chi connectivity index (χ0) is 13.2. The Hall–Kier alpha value is -0.610. The molecule has 104 valence electrons. The Morgan fingerprint density at radius 2 is 2.22 bits per heavy atom. The fourth-order valence-corrected chi connectivity index (χ4v) is 3.47. The standard InChI is InChI=1S/C14H27N3O/c1-14(16-2,13(15)18)7-3-4-8-17-10-11-5-6-12(17)9-11/h11-12,16H,3-10H2,1-2H3,(H2,15,18). The lowest BCUT2D eigenvalue weighted by atomic mass is 9.94. The van der Waals surface area contributed by atoms with Crippen molar-refractivity contribution in [3.05, 3.63) is 0 Å². The average molecular weight is 253 g/mol. The van der Waals surface area contributed by atoms with E-state index in [2.05, 4.69) is 10.2 Å². The van der Waals surface area contributed by atoms with Crippen LogP contribution in [0.25, 0.3) is 0 Å². The number of nitrogens with zero attached hydrogens (tertiary/aromatic N) is 1. The second-order valence-corrected chi connectivity index (χ2v) is 6.23. The van der Waals surface area contributed by atoms with Crippen LogP contribution >= 0.6 is 0 Å². The molecule has 1 saturated heterocycles. The van der Waals surface area contributed by atoms with Gasteiger partial charge >= 0.3 is 0 Å². The molecule has 2 aliphatic rings. The summed E-state index contributed by atoms with van der Waals surface area (Å²) in [7, 11) is 1.81. The van der Waals surface area contributed by atoms with Crippen LogP contribution in [-0.2, 0) is 4.79 Å². The van der Waals surface area contributed by atoms with Crippen LogP contribution in [0.4, 0.5) is 0 Å². The van der Waals surface area contributed by atoms with Gasteiger partial charge in [0.05, 0.1) is 5.54 Å². The maximum Gasteiger partial charge on any atom is 0.237 e. The van der Waals surface area contributed by atoms with Crippen LogP contribution < -0.4 is 11.1 Å². The van der Waals surface area contributed by atoms with Gasteiger partial charge in [-0.1, -0.05) is 0 Å². The van der Waals surface area contributed by atoms with E-state index in [0.717, 1.165) is 24.8 Å². The Morgan fingerprint density at radius 1 is 1.44 bits per heavy atom. The number of hydrogen-bond donors (Lipinski definition) is 2. The largest absolute Gasteiger partial charge is 0.368 e. The first kappa shape index (κ1) is 13.8. The van der Waals surface area contributed by atoms with Gasteiger partial charge in [-0.15, -0.1) is 0 Å². The van der Waals surface area contributed by atoms with Gasteiger partial charge < -0.3 is 16.0 Å². The summed E-state index contributed by atoms with van der Waals surface area (Å²) in [6.07, 6.45) is 7.35. The SMILES string of the molecule is CNC(C)(CCCCN1CC2CCC1C2)C(N)=O. The molecule has 0 radical (unpaired) electrons. The highest BCUT2D eigenvalue weighted by atomic mass is 16.1.